The highest BCUT2D eigenvalue weighted by Crippen LogP contribution is 2.43. The van der Waals surface area contributed by atoms with E-state index in [0.29, 0.717) is 6.54 Å². The molecule has 1 amide bonds. The highest BCUT2D eigenvalue weighted by atomic mass is 32.2. The third-order valence-electron chi connectivity index (χ3n) is 2.47. The third kappa shape index (κ3) is 2.62. The highest BCUT2D eigenvalue weighted by Gasteiger charge is 2.36. The van der Waals surface area contributed by atoms with Crippen LogP contribution in [-0.2, 0) is 4.74 Å². The van der Waals surface area contributed by atoms with Gasteiger partial charge in [-0.1, -0.05) is 23.9 Å². The Hall–Kier alpha value is -1.20. The minimum atomic E-state index is -0.502. The maximum Gasteiger partial charge on any atom is 0.415 e. The molecule has 1 aliphatic rings. The summed E-state index contributed by atoms with van der Waals surface area (Å²) in [7, 11) is 0. The lowest BCUT2D eigenvalue weighted by molar-refractivity contribution is 0.0578. The Bertz CT molecular complexity index is 457. The fourth-order valence-corrected chi connectivity index (χ4v) is 2.93. The average Bonchev–Trinajstić information content (AvgIpc) is 2.64. The summed E-state index contributed by atoms with van der Waals surface area (Å²) in [6, 6.07) is 7.78. The van der Waals surface area contributed by atoms with E-state index in [2.05, 4.69) is 0 Å². The van der Waals surface area contributed by atoms with Crippen LogP contribution in [0.25, 0.3) is 0 Å². The van der Waals surface area contributed by atoms with Gasteiger partial charge < -0.3 is 10.5 Å². The van der Waals surface area contributed by atoms with Gasteiger partial charge in [-0.05, 0) is 32.9 Å². The van der Waals surface area contributed by atoms with Crippen molar-refractivity contribution >= 4 is 23.5 Å². The summed E-state index contributed by atoms with van der Waals surface area (Å²) in [6.07, 6.45) is -0.338. The molecule has 1 aliphatic heterocycles. The quantitative estimate of drug-likeness (QED) is 0.849. The molecule has 98 valence electrons. The maximum absolute atomic E-state index is 12.2. The average molecular weight is 266 g/mol. The van der Waals surface area contributed by atoms with Crippen LogP contribution >= 0.6 is 11.8 Å². The van der Waals surface area contributed by atoms with Gasteiger partial charge in [-0.3, -0.25) is 4.90 Å². The molecule has 0 fully saturated rings. The van der Waals surface area contributed by atoms with Crippen LogP contribution < -0.4 is 10.6 Å². The fraction of sp³-hybridized carbons (Fsp3) is 0.462. The summed E-state index contributed by atoms with van der Waals surface area (Å²) < 4.78 is 5.43. The zero-order valence-electron chi connectivity index (χ0n) is 10.8. The van der Waals surface area contributed by atoms with Gasteiger partial charge in [0.05, 0.1) is 5.69 Å². The van der Waals surface area contributed by atoms with Crippen molar-refractivity contribution in [2.24, 2.45) is 5.73 Å². The molecule has 1 heterocycles. The Balaban J connectivity index is 2.27. The number of fused-ring (bicyclic) bond motifs is 1. The molecule has 2 N–H and O–H groups in total. The largest absolute Gasteiger partial charge is 0.443 e. The lowest BCUT2D eigenvalue weighted by Gasteiger charge is -2.27. The summed E-state index contributed by atoms with van der Waals surface area (Å²) in [5, 5.41) is -0.0859. The second kappa shape index (κ2) is 4.82. The summed E-state index contributed by atoms with van der Waals surface area (Å²) in [5.41, 5.74) is 6.11. The van der Waals surface area contributed by atoms with Crippen molar-refractivity contribution < 1.29 is 9.53 Å². The van der Waals surface area contributed by atoms with Gasteiger partial charge in [-0.2, -0.15) is 0 Å². The monoisotopic (exact) mass is 266 g/mol. The number of nitrogens with two attached hydrogens (primary N) is 1. The Morgan fingerprint density at radius 3 is 2.72 bits per heavy atom. The first-order valence-corrected chi connectivity index (χ1v) is 6.78. The molecule has 18 heavy (non-hydrogen) atoms. The van der Waals surface area contributed by atoms with E-state index in [1.807, 2.05) is 45.0 Å². The number of hydrogen-bond acceptors (Lipinski definition) is 4. The number of thioether (sulfide) groups is 1. The minimum Gasteiger partial charge on any atom is -0.443 e. The molecule has 1 atom stereocenters. The molecule has 0 spiro atoms. The van der Waals surface area contributed by atoms with Crippen LogP contribution in [0.2, 0.25) is 0 Å². The molecular formula is C13H18N2O2S. The maximum atomic E-state index is 12.2. The van der Waals surface area contributed by atoms with E-state index in [4.69, 9.17) is 10.5 Å². The van der Waals surface area contributed by atoms with E-state index in [0.717, 1.165) is 10.6 Å². The first-order chi connectivity index (χ1) is 8.42. The van der Waals surface area contributed by atoms with Gasteiger partial charge >= 0.3 is 6.09 Å². The van der Waals surface area contributed by atoms with Crippen LogP contribution in [-0.4, -0.2) is 23.6 Å². The number of hydrogen-bond donors (Lipinski definition) is 1. The molecule has 0 bridgehead atoms. The molecule has 1 unspecified atom stereocenters. The molecular weight excluding hydrogens is 248 g/mol. The van der Waals surface area contributed by atoms with Gasteiger partial charge in [0, 0.05) is 11.4 Å². The van der Waals surface area contributed by atoms with Crippen molar-refractivity contribution in [1.82, 2.24) is 0 Å². The Labute approximate surface area is 111 Å². The van der Waals surface area contributed by atoms with Crippen molar-refractivity contribution in [3.05, 3.63) is 24.3 Å². The predicted octanol–water partition coefficient (Wildman–Crippen LogP) is 2.82. The number of para-hydroxylation sites is 1. The highest BCUT2D eigenvalue weighted by molar-refractivity contribution is 8.00. The van der Waals surface area contributed by atoms with Crippen LogP contribution in [0.5, 0.6) is 0 Å². The number of nitrogens with zero attached hydrogens (tertiary/aromatic N) is 1. The molecule has 4 nitrogen and oxygen atoms in total. The van der Waals surface area contributed by atoms with Crippen molar-refractivity contribution in [1.29, 1.82) is 0 Å². The molecule has 1 aromatic carbocycles. The number of amides is 1. The second-order valence-corrected chi connectivity index (χ2v) is 6.35. The van der Waals surface area contributed by atoms with Gasteiger partial charge in [0.2, 0.25) is 0 Å². The van der Waals surface area contributed by atoms with Gasteiger partial charge in [-0.25, -0.2) is 4.79 Å². The standard InChI is InChI=1S/C13H18N2O2S/c1-13(2,3)17-12(16)15-9-6-4-5-7-10(9)18-11(15)8-14/h4-7,11H,8,14H2,1-3H3. The van der Waals surface area contributed by atoms with E-state index >= 15 is 0 Å². The molecule has 5 heteroatoms. The number of carbonyl (C=O) groups is 1. The van der Waals surface area contributed by atoms with Crippen LogP contribution in [0.15, 0.2) is 29.2 Å². The van der Waals surface area contributed by atoms with Gasteiger partial charge in [0.25, 0.3) is 0 Å². The van der Waals surface area contributed by atoms with Crippen LogP contribution in [0.4, 0.5) is 10.5 Å². The Kier molecular flexibility index (Phi) is 3.54. The minimum absolute atomic E-state index is 0.0859. The molecule has 0 saturated carbocycles. The van der Waals surface area contributed by atoms with E-state index in [9.17, 15) is 4.79 Å². The van der Waals surface area contributed by atoms with E-state index in [1.165, 1.54) is 0 Å². The SMILES string of the molecule is CC(C)(C)OC(=O)N1c2ccccc2SC1CN. The summed E-state index contributed by atoms with van der Waals surface area (Å²) in [6.45, 7) is 5.98. The summed E-state index contributed by atoms with van der Waals surface area (Å²) >= 11 is 1.60. The number of anilines is 1. The van der Waals surface area contributed by atoms with Crippen LogP contribution in [0.3, 0.4) is 0 Å². The van der Waals surface area contributed by atoms with Crippen molar-refractivity contribution in [3.8, 4) is 0 Å². The summed E-state index contributed by atoms with van der Waals surface area (Å²) in [4.78, 5) is 14.9. The van der Waals surface area contributed by atoms with Gasteiger partial charge in [0.15, 0.2) is 0 Å². The zero-order chi connectivity index (χ0) is 13.3. The molecule has 0 aliphatic carbocycles. The van der Waals surface area contributed by atoms with E-state index in [-0.39, 0.29) is 11.5 Å². The van der Waals surface area contributed by atoms with Gasteiger partial charge in [0.1, 0.15) is 11.0 Å². The topological polar surface area (TPSA) is 55.6 Å². The third-order valence-corrected chi connectivity index (χ3v) is 3.74. The number of ether oxygens (including phenoxy) is 1. The first-order valence-electron chi connectivity index (χ1n) is 5.90. The number of rotatable bonds is 1. The number of benzene rings is 1. The van der Waals surface area contributed by atoms with Crippen molar-refractivity contribution in [2.45, 2.75) is 36.6 Å². The van der Waals surface area contributed by atoms with Crippen LogP contribution in [0.1, 0.15) is 20.8 Å². The number of carbonyl (C=O) groups excluding carboxylic acids is 1. The van der Waals surface area contributed by atoms with Crippen molar-refractivity contribution in [2.75, 3.05) is 11.4 Å². The van der Waals surface area contributed by atoms with E-state index < -0.39 is 5.60 Å². The summed E-state index contributed by atoms with van der Waals surface area (Å²) in [5.74, 6) is 0. The molecule has 0 saturated heterocycles. The zero-order valence-corrected chi connectivity index (χ0v) is 11.7. The molecule has 2 rings (SSSR count). The first kappa shape index (κ1) is 13.2. The predicted molar refractivity (Wildman–Crippen MR) is 73.9 cm³/mol. The Morgan fingerprint density at radius 1 is 1.44 bits per heavy atom. The smallest absolute Gasteiger partial charge is 0.415 e. The van der Waals surface area contributed by atoms with E-state index in [1.54, 1.807) is 16.7 Å². The van der Waals surface area contributed by atoms with Crippen LogP contribution in [0, 0.1) is 0 Å². The van der Waals surface area contributed by atoms with Gasteiger partial charge in [-0.15, -0.1) is 0 Å². The van der Waals surface area contributed by atoms with Crippen molar-refractivity contribution in [3.63, 3.8) is 0 Å². The fourth-order valence-electron chi connectivity index (χ4n) is 1.79. The lowest BCUT2D eigenvalue weighted by atomic mass is 10.2. The normalized spacial score (nSPS) is 18.7. The molecule has 0 radical (unpaired) electrons. The second-order valence-electron chi connectivity index (χ2n) is 5.13. The molecule has 1 aromatic rings. The Morgan fingerprint density at radius 2 is 2.11 bits per heavy atom. The lowest BCUT2D eigenvalue weighted by Crippen LogP contribution is -2.43. The molecule has 0 aromatic heterocycles.